The average Bonchev–Trinajstić information content (AvgIpc) is 2.74. The summed E-state index contributed by atoms with van der Waals surface area (Å²) in [6.45, 7) is 6.43. The molecule has 1 N–H and O–H groups in total. The van der Waals surface area contributed by atoms with Gasteiger partial charge in [-0.05, 0) is 67.6 Å². The van der Waals surface area contributed by atoms with Crippen molar-refractivity contribution in [2.24, 2.45) is 0 Å². The van der Waals surface area contributed by atoms with Crippen molar-refractivity contribution in [3.63, 3.8) is 0 Å². The Morgan fingerprint density at radius 2 is 1.79 bits per heavy atom. The average molecular weight is 417 g/mol. The van der Waals surface area contributed by atoms with Crippen molar-refractivity contribution in [1.82, 2.24) is 10.2 Å². The van der Waals surface area contributed by atoms with Crippen molar-refractivity contribution in [3.8, 4) is 11.5 Å². The quantitative estimate of drug-likeness (QED) is 0.700. The first-order valence-corrected chi connectivity index (χ1v) is 10.5. The highest BCUT2D eigenvalue weighted by Crippen LogP contribution is 2.21. The number of benzene rings is 2. The zero-order valence-corrected chi connectivity index (χ0v) is 17.9. The van der Waals surface area contributed by atoms with Gasteiger partial charge in [0.05, 0.1) is 0 Å². The molecular formula is C23H29ClN2O3. The lowest BCUT2D eigenvalue weighted by Gasteiger charge is -2.32. The number of halogens is 1. The Hall–Kier alpha value is -2.24. The maximum absolute atomic E-state index is 12.2. The van der Waals surface area contributed by atoms with Crippen LogP contribution in [0.3, 0.4) is 0 Å². The lowest BCUT2D eigenvalue weighted by molar-refractivity contribution is -0.124. The number of nitrogens with zero attached hydrogens (tertiary/aromatic N) is 1. The monoisotopic (exact) mass is 416 g/mol. The summed E-state index contributed by atoms with van der Waals surface area (Å²) >= 11 is 6.05. The molecule has 1 saturated heterocycles. The van der Waals surface area contributed by atoms with Crippen molar-refractivity contribution >= 4 is 17.5 Å². The van der Waals surface area contributed by atoms with E-state index < -0.39 is 0 Å². The van der Waals surface area contributed by atoms with Crippen LogP contribution in [0.4, 0.5) is 0 Å². The third-order valence-electron chi connectivity index (χ3n) is 5.20. The summed E-state index contributed by atoms with van der Waals surface area (Å²) in [5.74, 6) is 1.48. The number of piperidine rings is 1. The van der Waals surface area contributed by atoms with Gasteiger partial charge >= 0.3 is 0 Å². The Bertz CT molecular complexity index is 802. The summed E-state index contributed by atoms with van der Waals surface area (Å²) < 4.78 is 11.4. The van der Waals surface area contributed by atoms with Gasteiger partial charge in [-0.25, -0.2) is 0 Å². The zero-order chi connectivity index (χ0) is 20.6. The summed E-state index contributed by atoms with van der Waals surface area (Å²) in [5.41, 5.74) is 2.26. The van der Waals surface area contributed by atoms with Gasteiger partial charge in [-0.1, -0.05) is 30.7 Å². The van der Waals surface area contributed by atoms with Gasteiger partial charge in [-0.3, -0.25) is 9.69 Å². The van der Waals surface area contributed by atoms with Gasteiger partial charge in [0.15, 0.2) is 6.61 Å². The summed E-state index contributed by atoms with van der Waals surface area (Å²) in [6.07, 6.45) is 2.80. The van der Waals surface area contributed by atoms with Crippen LogP contribution in [-0.2, 0) is 11.2 Å². The Labute approximate surface area is 177 Å². The number of hydrogen-bond donors (Lipinski definition) is 1. The van der Waals surface area contributed by atoms with E-state index in [9.17, 15) is 4.79 Å². The van der Waals surface area contributed by atoms with E-state index in [1.54, 1.807) is 0 Å². The molecule has 0 radical (unpaired) electrons. The largest absolute Gasteiger partial charge is 0.484 e. The molecule has 0 saturated carbocycles. The second-order valence-corrected chi connectivity index (χ2v) is 7.84. The summed E-state index contributed by atoms with van der Waals surface area (Å²) in [4.78, 5) is 14.4. The maximum atomic E-state index is 12.2. The normalized spacial score (nSPS) is 15.1. The zero-order valence-electron chi connectivity index (χ0n) is 17.1. The highest BCUT2D eigenvalue weighted by molar-refractivity contribution is 6.31. The predicted molar refractivity (Wildman–Crippen MR) is 116 cm³/mol. The van der Waals surface area contributed by atoms with Crippen LogP contribution < -0.4 is 14.8 Å². The lowest BCUT2D eigenvalue weighted by atomic mass is 10.1. The van der Waals surface area contributed by atoms with Crippen molar-refractivity contribution in [1.29, 1.82) is 0 Å². The number of hydrogen-bond acceptors (Lipinski definition) is 4. The van der Waals surface area contributed by atoms with Crippen LogP contribution in [-0.4, -0.2) is 43.3 Å². The molecule has 1 heterocycles. The molecule has 156 valence electrons. The van der Waals surface area contributed by atoms with Gasteiger partial charge < -0.3 is 14.8 Å². The molecule has 0 unspecified atom stereocenters. The van der Waals surface area contributed by atoms with E-state index in [2.05, 4.69) is 17.1 Å². The molecule has 2 aromatic carbocycles. The minimum Gasteiger partial charge on any atom is -0.484 e. The van der Waals surface area contributed by atoms with Gasteiger partial charge in [-0.2, -0.15) is 0 Å². The first-order valence-electron chi connectivity index (χ1n) is 10.2. The minimum absolute atomic E-state index is 0.0463. The molecule has 1 amide bonds. The number of carbonyl (C=O) groups is 1. The van der Waals surface area contributed by atoms with Crippen LogP contribution in [0.2, 0.25) is 5.02 Å². The second kappa shape index (κ2) is 10.5. The minimum atomic E-state index is -0.0732. The van der Waals surface area contributed by atoms with Crippen molar-refractivity contribution < 1.29 is 14.3 Å². The third-order valence-corrected chi connectivity index (χ3v) is 5.62. The van der Waals surface area contributed by atoms with E-state index in [1.807, 2.05) is 49.4 Å². The van der Waals surface area contributed by atoms with E-state index in [1.165, 1.54) is 5.56 Å². The molecule has 1 aliphatic heterocycles. The van der Waals surface area contributed by atoms with E-state index in [4.69, 9.17) is 21.1 Å². The van der Waals surface area contributed by atoms with Gasteiger partial charge in [-0.15, -0.1) is 0 Å². The number of ether oxygens (including phenoxy) is 2. The molecule has 3 rings (SSSR count). The molecule has 1 fully saturated rings. The molecule has 0 bridgehead atoms. The first kappa shape index (κ1) is 21.5. The molecule has 6 heteroatoms. The van der Waals surface area contributed by atoms with Crippen LogP contribution in [0.1, 0.15) is 30.9 Å². The third kappa shape index (κ3) is 6.65. The molecule has 5 nitrogen and oxygen atoms in total. The molecule has 29 heavy (non-hydrogen) atoms. The molecule has 0 spiro atoms. The molecule has 0 aromatic heterocycles. The Morgan fingerprint density at radius 3 is 2.45 bits per heavy atom. The molecule has 0 aliphatic carbocycles. The van der Waals surface area contributed by atoms with Gasteiger partial charge in [0.1, 0.15) is 18.2 Å². The summed E-state index contributed by atoms with van der Waals surface area (Å²) in [5, 5.41) is 3.82. The SMILES string of the molecule is CCc1ccc(OCC(=O)NC2CCN(COc3ccc(Cl)c(C)c3)CC2)cc1. The Kier molecular flexibility index (Phi) is 7.78. The maximum Gasteiger partial charge on any atom is 0.258 e. The number of nitrogens with one attached hydrogen (secondary N) is 1. The highest BCUT2D eigenvalue weighted by Gasteiger charge is 2.21. The standard InChI is InChI=1S/C23H29ClN2O3/c1-3-18-4-6-20(7-5-18)28-15-23(27)25-19-10-12-26(13-11-19)16-29-21-8-9-22(24)17(2)14-21/h4-9,14,19H,3,10-13,15-16H2,1-2H3,(H,25,27). The summed E-state index contributed by atoms with van der Waals surface area (Å²) in [7, 11) is 0. The topological polar surface area (TPSA) is 50.8 Å². The second-order valence-electron chi connectivity index (χ2n) is 7.43. The molecule has 0 atom stereocenters. The number of carbonyl (C=O) groups excluding carboxylic acids is 1. The fourth-order valence-electron chi connectivity index (χ4n) is 3.32. The molecule has 1 aliphatic rings. The first-order chi connectivity index (χ1) is 14.0. The fraction of sp³-hybridized carbons (Fsp3) is 0.435. The predicted octanol–water partition coefficient (Wildman–Crippen LogP) is 4.21. The number of likely N-dealkylation sites (tertiary alicyclic amines) is 1. The number of rotatable bonds is 8. The Balaban J connectivity index is 1.34. The van der Waals surface area contributed by atoms with Crippen LogP contribution in [0, 0.1) is 6.92 Å². The van der Waals surface area contributed by atoms with Crippen LogP contribution in [0.25, 0.3) is 0 Å². The van der Waals surface area contributed by atoms with Crippen molar-refractivity contribution in [2.45, 2.75) is 39.2 Å². The van der Waals surface area contributed by atoms with E-state index in [0.717, 1.165) is 54.4 Å². The van der Waals surface area contributed by atoms with Crippen LogP contribution in [0.15, 0.2) is 42.5 Å². The van der Waals surface area contributed by atoms with Gasteiger partial charge in [0, 0.05) is 24.2 Å². The fourth-order valence-corrected chi connectivity index (χ4v) is 3.44. The van der Waals surface area contributed by atoms with Crippen molar-refractivity contribution in [3.05, 3.63) is 58.6 Å². The van der Waals surface area contributed by atoms with Crippen molar-refractivity contribution in [2.75, 3.05) is 26.4 Å². The van der Waals surface area contributed by atoms with Crippen LogP contribution in [0.5, 0.6) is 11.5 Å². The van der Waals surface area contributed by atoms with E-state index >= 15 is 0 Å². The van der Waals surface area contributed by atoms with E-state index in [-0.39, 0.29) is 18.6 Å². The summed E-state index contributed by atoms with van der Waals surface area (Å²) in [6, 6.07) is 13.7. The smallest absolute Gasteiger partial charge is 0.258 e. The lowest BCUT2D eigenvalue weighted by Crippen LogP contribution is -2.46. The van der Waals surface area contributed by atoms with E-state index in [0.29, 0.717) is 6.73 Å². The van der Waals surface area contributed by atoms with Crippen LogP contribution >= 0.6 is 11.6 Å². The van der Waals surface area contributed by atoms with Gasteiger partial charge in [0.2, 0.25) is 0 Å². The molecular weight excluding hydrogens is 388 g/mol. The number of aryl methyl sites for hydroxylation is 2. The number of amides is 1. The van der Waals surface area contributed by atoms with Gasteiger partial charge in [0.25, 0.3) is 5.91 Å². The highest BCUT2D eigenvalue weighted by atomic mass is 35.5. The molecule has 2 aromatic rings. The Morgan fingerprint density at radius 1 is 1.10 bits per heavy atom.